The second kappa shape index (κ2) is 5.75. The average Bonchev–Trinajstić information content (AvgIpc) is 3.00. The Morgan fingerprint density at radius 2 is 2.00 bits per heavy atom. The molecule has 1 aromatic heterocycles. The van der Waals surface area contributed by atoms with Crippen molar-refractivity contribution in [3.8, 4) is 0 Å². The maximum absolute atomic E-state index is 12.3. The van der Waals surface area contributed by atoms with E-state index in [1.165, 1.54) is 6.33 Å². The van der Waals surface area contributed by atoms with Gasteiger partial charge in [0.15, 0.2) is 0 Å². The molecule has 3 aromatic rings. The number of amides is 1. The highest BCUT2D eigenvalue weighted by atomic mass is 16.2. The third-order valence-electron chi connectivity index (χ3n) is 3.50. The minimum absolute atomic E-state index is 0.0581. The largest absolute Gasteiger partial charge is 0.338 e. The third kappa shape index (κ3) is 2.91. The van der Waals surface area contributed by atoms with Gasteiger partial charge in [-0.2, -0.15) is 5.10 Å². The molecule has 1 amide bonds. The Kier molecular flexibility index (Phi) is 3.64. The van der Waals surface area contributed by atoms with Gasteiger partial charge < -0.3 is 4.90 Å². The molecular formula is C16H16N4O. The van der Waals surface area contributed by atoms with Crippen molar-refractivity contribution in [1.29, 1.82) is 0 Å². The lowest BCUT2D eigenvalue weighted by molar-refractivity contribution is -0.129. The molecule has 3 rings (SSSR count). The molecule has 5 nitrogen and oxygen atoms in total. The summed E-state index contributed by atoms with van der Waals surface area (Å²) in [7, 11) is 1.77. The first-order chi connectivity index (χ1) is 10.2. The second-order valence-electron chi connectivity index (χ2n) is 5.00. The number of hydrogen-bond acceptors (Lipinski definition) is 3. The Morgan fingerprint density at radius 3 is 2.81 bits per heavy atom. The molecule has 1 N–H and O–H groups in total. The van der Waals surface area contributed by atoms with E-state index in [4.69, 9.17) is 0 Å². The molecule has 0 aliphatic carbocycles. The van der Waals surface area contributed by atoms with Gasteiger partial charge in [-0.05, 0) is 16.3 Å². The minimum Gasteiger partial charge on any atom is -0.338 e. The van der Waals surface area contributed by atoms with Crippen molar-refractivity contribution in [2.75, 3.05) is 7.05 Å². The molecule has 21 heavy (non-hydrogen) atoms. The van der Waals surface area contributed by atoms with Gasteiger partial charge in [0, 0.05) is 7.05 Å². The van der Waals surface area contributed by atoms with E-state index in [1.54, 1.807) is 11.9 Å². The lowest BCUT2D eigenvalue weighted by Crippen LogP contribution is -2.28. The number of aromatic nitrogens is 3. The van der Waals surface area contributed by atoms with Gasteiger partial charge in [-0.3, -0.25) is 9.89 Å². The Bertz CT molecular complexity index is 747. The second-order valence-corrected chi connectivity index (χ2v) is 5.00. The molecule has 0 aliphatic rings. The molecule has 0 aliphatic heterocycles. The Balaban J connectivity index is 1.77. The molecule has 5 heteroatoms. The lowest BCUT2D eigenvalue weighted by Gasteiger charge is -2.16. The van der Waals surface area contributed by atoms with E-state index in [1.807, 2.05) is 30.3 Å². The molecule has 1 heterocycles. The quantitative estimate of drug-likeness (QED) is 0.796. The average molecular weight is 280 g/mol. The molecule has 0 saturated carbocycles. The van der Waals surface area contributed by atoms with E-state index in [9.17, 15) is 4.79 Å². The number of rotatable bonds is 4. The van der Waals surface area contributed by atoms with Crippen LogP contribution in [0.1, 0.15) is 11.4 Å². The van der Waals surface area contributed by atoms with Crippen LogP contribution >= 0.6 is 0 Å². The Labute approximate surface area is 122 Å². The van der Waals surface area contributed by atoms with Crippen molar-refractivity contribution in [2.24, 2.45) is 0 Å². The van der Waals surface area contributed by atoms with Crippen LogP contribution in [0.5, 0.6) is 0 Å². The highest BCUT2D eigenvalue weighted by Gasteiger charge is 2.13. The number of nitrogens with one attached hydrogen (secondary N) is 1. The zero-order valence-electron chi connectivity index (χ0n) is 11.8. The highest BCUT2D eigenvalue weighted by Crippen LogP contribution is 2.19. The van der Waals surface area contributed by atoms with Crippen LogP contribution in [0.4, 0.5) is 0 Å². The van der Waals surface area contributed by atoms with Crippen molar-refractivity contribution in [3.63, 3.8) is 0 Å². The van der Waals surface area contributed by atoms with Crippen LogP contribution in [0.3, 0.4) is 0 Å². The summed E-state index contributed by atoms with van der Waals surface area (Å²) >= 11 is 0. The SMILES string of the molecule is CN(Cc1ncn[nH]1)C(=O)Cc1cccc2ccccc12. The summed E-state index contributed by atoms with van der Waals surface area (Å²) in [5.74, 6) is 0.742. The summed E-state index contributed by atoms with van der Waals surface area (Å²) in [4.78, 5) is 18.0. The molecule has 0 fully saturated rings. The van der Waals surface area contributed by atoms with Crippen molar-refractivity contribution in [3.05, 3.63) is 60.2 Å². The molecule has 0 saturated heterocycles. The van der Waals surface area contributed by atoms with Gasteiger partial charge in [-0.15, -0.1) is 0 Å². The van der Waals surface area contributed by atoms with Gasteiger partial charge in [0.25, 0.3) is 0 Å². The summed E-state index contributed by atoms with van der Waals surface area (Å²) in [6.45, 7) is 0.434. The van der Waals surface area contributed by atoms with E-state index in [0.717, 1.165) is 16.3 Å². The summed E-state index contributed by atoms with van der Waals surface area (Å²) in [6.07, 6.45) is 1.82. The Hall–Kier alpha value is -2.69. The van der Waals surface area contributed by atoms with E-state index in [-0.39, 0.29) is 5.91 Å². The van der Waals surface area contributed by atoms with Gasteiger partial charge in [-0.1, -0.05) is 42.5 Å². The van der Waals surface area contributed by atoms with Crippen LogP contribution in [0, 0.1) is 0 Å². The van der Waals surface area contributed by atoms with Gasteiger partial charge >= 0.3 is 0 Å². The van der Waals surface area contributed by atoms with Crippen LogP contribution in [0.2, 0.25) is 0 Å². The maximum Gasteiger partial charge on any atom is 0.227 e. The fourth-order valence-electron chi connectivity index (χ4n) is 2.36. The number of nitrogens with zero attached hydrogens (tertiary/aromatic N) is 3. The number of hydrogen-bond donors (Lipinski definition) is 1. The first-order valence-corrected chi connectivity index (χ1v) is 6.79. The molecule has 0 spiro atoms. The standard InChI is InChI=1S/C16H16N4O/c1-20(10-15-17-11-18-19-15)16(21)9-13-7-4-6-12-5-2-3-8-14(12)13/h2-8,11H,9-10H2,1H3,(H,17,18,19). The zero-order valence-corrected chi connectivity index (χ0v) is 11.8. The van der Waals surface area contributed by atoms with Crippen molar-refractivity contribution < 1.29 is 4.79 Å². The molecule has 0 bridgehead atoms. The van der Waals surface area contributed by atoms with Gasteiger partial charge in [0.1, 0.15) is 12.2 Å². The van der Waals surface area contributed by atoms with Crippen molar-refractivity contribution in [1.82, 2.24) is 20.1 Å². The van der Waals surface area contributed by atoms with Gasteiger partial charge in [0.05, 0.1) is 13.0 Å². The molecule has 0 atom stereocenters. The number of aromatic amines is 1. The van der Waals surface area contributed by atoms with Crippen molar-refractivity contribution >= 4 is 16.7 Å². The molecular weight excluding hydrogens is 264 g/mol. The number of carbonyl (C=O) groups is 1. The highest BCUT2D eigenvalue weighted by molar-refractivity contribution is 5.90. The van der Waals surface area contributed by atoms with Gasteiger partial charge in [0.2, 0.25) is 5.91 Å². The number of benzene rings is 2. The molecule has 0 radical (unpaired) electrons. The van der Waals surface area contributed by atoms with Crippen LogP contribution in [0.15, 0.2) is 48.8 Å². The van der Waals surface area contributed by atoms with E-state index < -0.39 is 0 Å². The maximum atomic E-state index is 12.3. The zero-order chi connectivity index (χ0) is 14.7. The topological polar surface area (TPSA) is 61.9 Å². The van der Waals surface area contributed by atoms with Crippen LogP contribution in [0.25, 0.3) is 10.8 Å². The first-order valence-electron chi connectivity index (χ1n) is 6.79. The normalized spacial score (nSPS) is 10.7. The Morgan fingerprint density at radius 1 is 1.19 bits per heavy atom. The smallest absolute Gasteiger partial charge is 0.227 e. The fourth-order valence-corrected chi connectivity index (χ4v) is 2.36. The number of likely N-dealkylation sites (N-methyl/N-ethyl adjacent to an activating group) is 1. The van der Waals surface area contributed by atoms with Crippen LogP contribution in [-0.4, -0.2) is 33.0 Å². The predicted octanol–water partition coefficient (Wildman–Crippen LogP) is 2.16. The summed E-state index contributed by atoms with van der Waals surface area (Å²) in [5, 5.41) is 8.83. The fraction of sp³-hybridized carbons (Fsp3) is 0.188. The monoisotopic (exact) mass is 280 g/mol. The minimum atomic E-state index is 0.0581. The lowest BCUT2D eigenvalue weighted by atomic mass is 10.0. The summed E-state index contributed by atoms with van der Waals surface area (Å²) in [6, 6.07) is 14.2. The van der Waals surface area contributed by atoms with E-state index in [0.29, 0.717) is 18.8 Å². The predicted molar refractivity (Wildman–Crippen MR) is 80.5 cm³/mol. The number of H-pyrrole nitrogens is 1. The third-order valence-corrected chi connectivity index (χ3v) is 3.50. The van der Waals surface area contributed by atoms with E-state index in [2.05, 4.69) is 27.3 Å². The summed E-state index contributed by atoms with van der Waals surface area (Å²) < 4.78 is 0. The van der Waals surface area contributed by atoms with Crippen LogP contribution in [-0.2, 0) is 17.8 Å². The van der Waals surface area contributed by atoms with Crippen molar-refractivity contribution in [2.45, 2.75) is 13.0 Å². The molecule has 106 valence electrons. The number of carbonyl (C=O) groups excluding carboxylic acids is 1. The first kappa shape index (κ1) is 13.3. The molecule has 2 aromatic carbocycles. The summed E-state index contributed by atoms with van der Waals surface area (Å²) in [5.41, 5.74) is 1.04. The van der Waals surface area contributed by atoms with Gasteiger partial charge in [-0.25, -0.2) is 4.98 Å². The number of fused-ring (bicyclic) bond motifs is 1. The molecule has 0 unspecified atom stereocenters. The van der Waals surface area contributed by atoms with Crippen LogP contribution < -0.4 is 0 Å². The van der Waals surface area contributed by atoms with E-state index >= 15 is 0 Å².